The SMILES string of the molecule is COc1ccc(Cn2nnnc2SC(C)c2nc(C)no2)cc1. The number of nitrogens with zero attached hydrogens (tertiary/aromatic N) is 6. The van der Waals surface area contributed by atoms with Gasteiger partial charge < -0.3 is 9.26 Å². The first-order valence-corrected chi connectivity index (χ1v) is 7.89. The number of rotatable bonds is 6. The maximum atomic E-state index is 5.18. The first-order chi connectivity index (χ1) is 11.2. The molecule has 3 rings (SSSR count). The van der Waals surface area contributed by atoms with Gasteiger partial charge in [0.25, 0.3) is 0 Å². The average molecular weight is 332 g/mol. The number of aromatic nitrogens is 6. The second-order valence-corrected chi connectivity index (χ2v) is 6.22. The van der Waals surface area contributed by atoms with Crippen molar-refractivity contribution in [3.05, 3.63) is 41.5 Å². The molecule has 0 bridgehead atoms. The number of ether oxygens (including phenoxy) is 1. The Morgan fingerprint density at radius 2 is 2.09 bits per heavy atom. The van der Waals surface area contributed by atoms with Gasteiger partial charge in [-0.1, -0.05) is 29.1 Å². The summed E-state index contributed by atoms with van der Waals surface area (Å²) in [4.78, 5) is 4.23. The minimum absolute atomic E-state index is 0.0307. The Kier molecular flexibility index (Phi) is 4.56. The fraction of sp³-hybridized carbons (Fsp3) is 0.357. The molecule has 2 heterocycles. The van der Waals surface area contributed by atoms with Gasteiger partial charge in [0.2, 0.25) is 11.0 Å². The van der Waals surface area contributed by atoms with E-state index >= 15 is 0 Å². The van der Waals surface area contributed by atoms with Gasteiger partial charge in [0, 0.05) is 0 Å². The van der Waals surface area contributed by atoms with Crippen LogP contribution in [0.1, 0.15) is 29.5 Å². The fourth-order valence-electron chi connectivity index (χ4n) is 1.97. The highest BCUT2D eigenvalue weighted by atomic mass is 32.2. The molecule has 0 saturated heterocycles. The predicted molar refractivity (Wildman–Crippen MR) is 83.2 cm³/mol. The molecule has 0 aliphatic rings. The first kappa shape index (κ1) is 15.5. The summed E-state index contributed by atoms with van der Waals surface area (Å²) in [6.45, 7) is 4.34. The van der Waals surface area contributed by atoms with Crippen molar-refractivity contribution >= 4 is 11.8 Å². The minimum Gasteiger partial charge on any atom is -0.497 e. The Balaban J connectivity index is 1.71. The van der Waals surface area contributed by atoms with Crippen molar-refractivity contribution in [3.8, 4) is 5.75 Å². The fourth-order valence-corrected chi connectivity index (χ4v) is 2.79. The van der Waals surface area contributed by atoms with Crippen LogP contribution in [0.2, 0.25) is 0 Å². The van der Waals surface area contributed by atoms with Crippen molar-refractivity contribution in [2.75, 3.05) is 7.11 Å². The van der Waals surface area contributed by atoms with Crippen molar-refractivity contribution in [3.63, 3.8) is 0 Å². The van der Waals surface area contributed by atoms with E-state index in [1.807, 2.05) is 31.2 Å². The van der Waals surface area contributed by atoms with Crippen LogP contribution in [0, 0.1) is 6.92 Å². The highest BCUT2D eigenvalue weighted by Gasteiger charge is 2.18. The maximum absolute atomic E-state index is 5.18. The number of thioether (sulfide) groups is 1. The predicted octanol–water partition coefficient (Wildman–Crippen LogP) is 2.27. The standard InChI is InChI=1S/C14H16N6O2S/c1-9(13-15-10(2)17-22-13)23-14-16-18-19-20(14)8-11-4-6-12(21-3)7-5-11/h4-7,9H,8H2,1-3H3. The Bertz CT molecular complexity index is 770. The quantitative estimate of drug-likeness (QED) is 0.635. The summed E-state index contributed by atoms with van der Waals surface area (Å²) >= 11 is 1.48. The monoisotopic (exact) mass is 332 g/mol. The number of tetrazole rings is 1. The first-order valence-electron chi connectivity index (χ1n) is 7.01. The molecule has 8 nitrogen and oxygen atoms in total. The van der Waals surface area contributed by atoms with E-state index in [2.05, 4.69) is 25.7 Å². The van der Waals surface area contributed by atoms with Crippen LogP contribution in [0.4, 0.5) is 0 Å². The Labute approximate surface area is 137 Å². The van der Waals surface area contributed by atoms with Crippen LogP contribution in [-0.2, 0) is 6.54 Å². The maximum Gasteiger partial charge on any atom is 0.239 e. The number of hydrogen-bond donors (Lipinski definition) is 0. The summed E-state index contributed by atoms with van der Waals surface area (Å²) in [7, 11) is 1.64. The normalized spacial score (nSPS) is 12.3. The van der Waals surface area contributed by atoms with Crippen molar-refractivity contribution in [2.45, 2.75) is 30.8 Å². The van der Waals surface area contributed by atoms with Gasteiger partial charge in [-0.05, 0) is 42.0 Å². The van der Waals surface area contributed by atoms with Crippen LogP contribution in [0.5, 0.6) is 5.75 Å². The lowest BCUT2D eigenvalue weighted by atomic mass is 10.2. The molecular formula is C14H16N6O2S. The molecule has 0 amide bonds. The Hall–Kier alpha value is -2.42. The van der Waals surface area contributed by atoms with Crippen LogP contribution in [0.15, 0.2) is 33.9 Å². The second kappa shape index (κ2) is 6.78. The Morgan fingerprint density at radius 1 is 1.30 bits per heavy atom. The highest BCUT2D eigenvalue weighted by Crippen LogP contribution is 2.32. The van der Waals surface area contributed by atoms with E-state index in [4.69, 9.17) is 9.26 Å². The van der Waals surface area contributed by atoms with E-state index in [9.17, 15) is 0 Å². The molecule has 0 N–H and O–H groups in total. The average Bonchev–Trinajstić information content (AvgIpc) is 3.17. The van der Waals surface area contributed by atoms with Crippen LogP contribution in [0.25, 0.3) is 0 Å². The molecule has 0 spiro atoms. The third-order valence-electron chi connectivity index (χ3n) is 3.16. The van der Waals surface area contributed by atoms with E-state index in [0.29, 0.717) is 23.4 Å². The molecule has 1 unspecified atom stereocenters. The van der Waals surface area contributed by atoms with E-state index in [-0.39, 0.29) is 5.25 Å². The lowest BCUT2D eigenvalue weighted by Crippen LogP contribution is -2.04. The summed E-state index contributed by atoms with van der Waals surface area (Å²) in [5, 5.41) is 16.3. The van der Waals surface area contributed by atoms with E-state index in [0.717, 1.165) is 11.3 Å². The van der Waals surface area contributed by atoms with Crippen LogP contribution in [-0.4, -0.2) is 37.5 Å². The summed E-state index contributed by atoms with van der Waals surface area (Å²) in [5.41, 5.74) is 1.08. The number of hydrogen-bond acceptors (Lipinski definition) is 8. The molecule has 0 saturated carbocycles. The summed E-state index contributed by atoms with van der Waals surface area (Å²) in [6, 6.07) is 7.80. The van der Waals surface area contributed by atoms with Gasteiger partial charge in [0.05, 0.1) is 18.9 Å². The topological polar surface area (TPSA) is 91.8 Å². The van der Waals surface area contributed by atoms with E-state index < -0.39 is 0 Å². The lowest BCUT2D eigenvalue weighted by Gasteiger charge is -2.07. The molecule has 1 atom stereocenters. The largest absolute Gasteiger partial charge is 0.497 e. The van der Waals surface area contributed by atoms with E-state index in [1.165, 1.54) is 11.8 Å². The summed E-state index contributed by atoms with van der Waals surface area (Å²) < 4.78 is 12.1. The van der Waals surface area contributed by atoms with Gasteiger partial charge in [0.15, 0.2) is 5.82 Å². The van der Waals surface area contributed by atoms with Gasteiger partial charge in [0.1, 0.15) is 5.75 Å². The third kappa shape index (κ3) is 3.67. The second-order valence-electron chi connectivity index (χ2n) is 4.91. The zero-order chi connectivity index (χ0) is 16.2. The van der Waals surface area contributed by atoms with Crippen molar-refractivity contribution in [1.29, 1.82) is 0 Å². The van der Waals surface area contributed by atoms with Crippen molar-refractivity contribution in [2.24, 2.45) is 0 Å². The summed E-state index contributed by atoms with van der Waals surface area (Å²) in [5.74, 6) is 2.00. The zero-order valence-electron chi connectivity index (χ0n) is 13.0. The molecule has 23 heavy (non-hydrogen) atoms. The number of aryl methyl sites for hydroxylation is 1. The van der Waals surface area contributed by atoms with Crippen LogP contribution < -0.4 is 4.74 Å². The van der Waals surface area contributed by atoms with Crippen molar-refractivity contribution < 1.29 is 9.26 Å². The summed E-state index contributed by atoms with van der Waals surface area (Å²) in [6.07, 6.45) is 0. The number of benzene rings is 1. The smallest absolute Gasteiger partial charge is 0.239 e. The van der Waals surface area contributed by atoms with Crippen molar-refractivity contribution in [1.82, 2.24) is 30.3 Å². The lowest BCUT2D eigenvalue weighted by molar-refractivity contribution is 0.376. The highest BCUT2D eigenvalue weighted by molar-refractivity contribution is 7.99. The molecule has 9 heteroatoms. The molecule has 3 aromatic rings. The van der Waals surface area contributed by atoms with Gasteiger partial charge in [-0.15, -0.1) is 5.10 Å². The van der Waals surface area contributed by atoms with Gasteiger partial charge in [-0.2, -0.15) is 4.98 Å². The van der Waals surface area contributed by atoms with Gasteiger partial charge in [-0.3, -0.25) is 0 Å². The van der Waals surface area contributed by atoms with E-state index in [1.54, 1.807) is 18.7 Å². The molecular weight excluding hydrogens is 316 g/mol. The Morgan fingerprint density at radius 3 is 2.74 bits per heavy atom. The van der Waals surface area contributed by atoms with Crippen LogP contribution in [0.3, 0.4) is 0 Å². The zero-order valence-corrected chi connectivity index (χ0v) is 13.8. The number of methoxy groups -OCH3 is 1. The molecule has 0 radical (unpaired) electrons. The third-order valence-corrected chi connectivity index (χ3v) is 4.22. The molecule has 0 aliphatic carbocycles. The molecule has 2 aromatic heterocycles. The molecule has 120 valence electrons. The molecule has 1 aromatic carbocycles. The molecule has 0 fully saturated rings. The minimum atomic E-state index is -0.0307. The van der Waals surface area contributed by atoms with Gasteiger partial charge >= 0.3 is 0 Å². The molecule has 0 aliphatic heterocycles. The van der Waals surface area contributed by atoms with Crippen LogP contribution >= 0.6 is 11.8 Å². The van der Waals surface area contributed by atoms with Gasteiger partial charge in [-0.25, -0.2) is 4.68 Å².